The normalized spacial score (nSPS) is 11.8. The summed E-state index contributed by atoms with van der Waals surface area (Å²) in [5, 5.41) is 6.45. The standard InChI is InChI=1S/C30H39PS3/c1-22(2)32-19-25-13-7-10-16-28(25)31(29-17-11-8-14-26(29)20-33-23(3)4)30-18-12-9-15-27(30)21-34-24(5)6/h7-18,22-24H,19-21H2,1-6H3. The van der Waals surface area contributed by atoms with Crippen molar-refractivity contribution in [1.82, 2.24) is 0 Å². The van der Waals surface area contributed by atoms with Crippen LogP contribution in [-0.4, -0.2) is 15.7 Å². The van der Waals surface area contributed by atoms with Gasteiger partial charge in [-0.05, 0) is 56.3 Å². The maximum Gasteiger partial charge on any atom is 0.0193 e. The topological polar surface area (TPSA) is 0 Å². The highest BCUT2D eigenvalue weighted by molar-refractivity contribution is 7.99. The highest BCUT2D eigenvalue weighted by atomic mass is 32.2. The third kappa shape index (κ3) is 8.09. The molecule has 0 heterocycles. The molecule has 0 N–H and O–H groups in total. The first kappa shape index (κ1) is 27.7. The van der Waals surface area contributed by atoms with Gasteiger partial charge in [0.25, 0.3) is 0 Å². The van der Waals surface area contributed by atoms with Crippen molar-refractivity contribution in [1.29, 1.82) is 0 Å². The summed E-state index contributed by atoms with van der Waals surface area (Å²) in [6.45, 7) is 13.8. The predicted octanol–water partition coefficient (Wildman–Crippen LogP) is 8.37. The fourth-order valence-corrected chi connectivity index (χ4v) is 9.13. The summed E-state index contributed by atoms with van der Waals surface area (Å²) < 4.78 is 0. The zero-order chi connectivity index (χ0) is 24.5. The molecular formula is C30H39PS3. The van der Waals surface area contributed by atoms with Crippen LogP contribution in [0.5, 0.6) is 0 Å². The second-order valence-electron chi connectivity index (χ2n) is 9.30. The average molecular weight is 527 g/mol. The van der Waals surface area contributed by atoms with Gasteiger partial charge < -0.3 is 0 Å². The van der Waals surface area contributed by atoms with Gasteiger partial charge in [0.2, 0.25) is 0 Å². The Morgan fingerprint density at radius 3 is 1.00 bits per heavy atom. The Morgan fingerprint density at radius 2 is 0.735 bits per heavy atom. The van der Waals surface area contributed by atoms with Crippen molar-refractivity contribution >= 4 is 59.1 Å². The van der Waals surface area contributed by atoms with Crippen molar-refractivity contribution in [2.75, 3.05) is 0 Å². The molecule has 0 aliphatic heterocycles. The van der Waals surface area contributed by atoms with E-state index in [4.69, 9.17) is 0 Å². The zero-order valence-electron chi connectivity index (χ0n) is 21.5. The smallest absolute Gasteiger partial charge is 0.0193 e. The molecule has 0 atom stereocenters. The Kier molecular flexibility index (Phi) is 11.4. The van der Waals surface area contributed by atoms with Crippen LogP contribution in [0, 0.1) is 0 Å². The van der Waals surface area contributed by atoms with Gasteiger partial charge in [-0.25, -0.2) is 0 Å². The molecule has 0 amide bonds. The summed E-state index contributed by atoms with van der Waals surface area (Å²) in [6.07, 6.45) is 0. The summed E-state index contributed by atoms with van der Waals surface area (Å²) >= 11 is 6.14. The van der Waals surface area contributed by atoms with Gasteiger partial charge in [0.05, 0.1) is 0 Å². The molecule has 0 spiro atoms. The third-order valence-corrected chi connectivity index (χ3v) is 11.6. The van der Waals surface area contributed by atoms with E-state index in [0.717, 1.165) is 17.3 Å². The second kappa shape index (κ2) is 14.0. The van der Waals surface area contributed by atoms with Crippen molar-refractivity contribution in [2.45, 2.75) is 74.6 Å². The molecule has 182 valence electrons. The Hall–Kier alpha value is -0.860. The largest absolute Gasteiger partial charge is 0.154 e. The average Bonchev–Trinajstić information content (AvgIpc) is 2.82. The summed E-state index contributed by atoms with van der Waals surface area (Å²) in [5.74, 6) is 3.20. The predicted molar refractivity (Wildman–Crippen MR) is 164 cm³/mol. The fourth-order valence-electron chi connectivity index (χ4n) is 3.71. The van der Waals surface area contributed by atoms with Crippen molar-refractivity contribution in [2.24, 2.45) is 0 Å². The molecule has 3 aromatic rings. The molecule has 0 radical (unpaired) electrons. The first-order valence-corrected chi connectivity index (χ1v) is 16.7. The molecular weight excluding hydrogens is 488 g/mol. The Bertz CT molecular complexity index is 897. The number of rotatable bonds is 12. The first-order chi connectivity index (χ1) is 16.4. The van der Waals surface area contributed by atoms with E-state index in [1.165, 1.54) is 32.6 Å². The van der Waals surface area contributed by atoms with Crippen molar-refractivity contribution < 1.29 is 0 Å². The summed E-state index contributed by atoms with van der Waals surface area (Å²) in [5.41, 5.74) is 4.47. The number of hydrogen-bond acceptors (Lipinski definition) is 3. The first-order valence-electron chi connectivity index (χ1n) is 12.3. The van der Waals surface area contributed by atoms with Gasteiger partial charge in [-0.15, -0.1) is 0 Å². The van der Waals surface area contributed by atoms with Gasteiger partial charge in [-0.3, -0.25) is 0 Å². The van der Waals surface area contributed by atoms with Gasteiger partial charge in [-0.1, -0.05) is 114 Å². The summed E-state index contributed by atoms with van der Waals surface area (Å²) in [7, 11) is -0.641. The van der Waals surface area contributed by atoms with Crippen LogP contribution >= 0.6 is 43.2 Å². The molecule has 0 nitrogen and oxygen atoms in total. The van der Waals surface area contributed by atoms with E-state index in [9.17, 15) is 0 Å². The Morgan fingerprint density at radius 1 is 0.471 bits per heavy atom. The fraction of sp³-hybridized carbons (Fsp3) is 0.400. The number of hydrogen-bond donors (Lipinski definition) is 0. The van der Waals surface area contributed by atoms with Gasteiger partial charge in [0.15, 0.2) is 0 Å². The zero-order valence-corrected chi connectivity index (χ0v) is 24.8. The van der Waals surface area contributed by atoms with Crippen LogP contribution in [0.4, 0.5) is 0 Å². The van der Waals surface area contributed by atoms with Crippen molar-refractivity contribution in [3.05, 3.63) is 89.5 Å². The lowest BCUT2D eigenvalue weighted by Crippen LogP contribution is -2.27. The monoisotopic (exact) mass is 526 g/mol. The molecule has 0 aliphatic carbocycles. The van der Waals surface area contributed by atoms with Gasteiger partial charge >= 0.3 is 0 Å². The van der Waals surface area contributed by atoms with Gasteiger partial charge in [0.1, 0.15) is 0 Å². The van der Waals surface area contributed by atoms with Gasteiger partial charge in [-0.2, -0.15) is 35.3 Å². The summed E-state index contributed by atoms with van der Waals surface area (Å²) in [6, 6.07) is 27.7. The number of thioether (sulfide) groups is 3. The van der Waals surface area contributed by atoms with E-state index < -0.39 is 7.92 Å². The minimum Gasteiger partial charge on any atom is -0.154 e. The highest BCUT2D eigenvalue weighted by Crippen LogP contribution is 2.39. The van der Waals surface area contributed by atoms with E-state index >= 15 is 0 Å². The van der Waals surface area contributed by atoms with Crippen LogP contribution in [0.3, 0.4) is 0 Å². The van der Waals surface area contributed by atoms with E-state index in [-0.39, 0.29) is 0 Å². The SMILES string of the molecule is CC(C)SCc1ccccc1P(c1ccccc1CSC(C)C)c1ccccc1CSC(C)C. The van der Waals surface area contributed by atoms with Crippen molar-refractivity contribution in [3.63, 3.8) is 0 Å². The molecule has 3 rings (SSSR count). The summed E-state index contributed by atoms with van der Waals surface area (Å²) in [4.78, 5) is 0. The maximum atomic E-state index is 2.40. The van der Waals surface area contributed by atoms with Crippen molar-refractivity contribution in [3.8, 4) is 0 Å². The molecule has 4 heteroatoms. The lowest BCUT2D eigenvalue weighted by molar-refractivity contribution is 1.11. The molecule has 0 bridgehead atoms. The van der Waals surface area contributed by atoms with Crippen LogP contribution in [0.25, 0.3) is 0 Å². The van der Waals surface area contributed by atoms with E-state index in [1.807, 2.05) is 35.3 Å². The van der Waals surface area contributed by atoms with Crippen LogP contribution < -0.4 is 15.9 Å². The molecule has 3 aromatic carbocycles. The van der Waals surface area contributed by atoms with E-state index in [0.29, 0.717) is 15.7 Å². The molecule has 0 aromatic heterocycles. The second-order valence-corrected chi connectivity index (χ2v) is 16.1. The van der Waals surface area contributed by atoms with Crippen LogP contribution in [0.2, 0.25) is 0 Å². The van der Waals surface area contributed by atoms with E-state index in [1.54, 1.807) is 0 Å². The molecule has 0 aliphatic rings. The lowest BCUT2D eigenvalue weighted by Gasteiger charge is -2.27. The van der Waals surface area contributed by atoms with Crippen LogP contribution in [0.1, 0.15) is 58.2 Å². The quantitative estimate of drug-likeness (QED) is 0.218. The maximum absolute atomic E-state index is 2.40. The Labute approximate surface area is 222 Å². The van der Waals surface area contributed by atoms with Crippen LogP contribution in [0.15, 0.2) is 72.8 Å². The minimum absolute atomic E-state index is 0.628. The molecule has 0 fully saturated rings. The Balaban J connectivity index is 2.17. The highest BCUT2D eigenvalue weighted by Gasteiger charge is 2.24. The number of benzene rings is 3. The molecule has 34 heavy (non-hydrogen) atoms. The molecule has 0 saturated carbocycles. The van der Waals surface area contributed by atoms with E-state index in [2.05, 4.69) is 114 Å². The third-order valence-electron chi connectivity index (χ3n) is 5.41. The molecule has 0 unspecified atom stereocenters. The minimum atomic E-state index is -0.641. The van der Waals surface area contributed by atoms with Gasteiger partial charge in [0, 0.05) is 17.3 Å². The molecule has 0 saturated heterocycles. The lowest BCUT2D eigenvalue weighted by atomic mass is 10.2. The van der Waals surface area contributed by atoms with Crippen LogP contribution in [-0.2, 0) is 17.3 Å².